The molecule has 1 fully saturated rings. The third-order valence-corrected chi connectivity index (χ3v) is 4.16. The van der Waals surface area contributed by atoms with Gasteiger partial charge in [0.1, 0.15) is 5.69 Å². The molecule has 0 bridgehead atoms. The van der Waals surface area contributed by atoms with Gasteiger partial charge in [0.2, 0.25) is 0 Å². The van der Waals surface area contributed by atoms with Gasteiger partial charge in [0.25, 0.3) is 5.69 Å². The quantitative estimate of drug-likeness (QED) is 0.502. The number of rotatable bonds is 4. The van der Waals surface area contributed by atoms with Gasteiger partial charge >= 0.3 is 0 Å². The average Bonchev–Trinajstić information content (AvgIpc) is 2.43. The van der Waals surface area contributed by atoms with Crippen LogP contribution in [-0.4, -0.2) is 21.9 Å². The number of piperidine rings is 1. The number of likely N-dealkylation sites (tertiary alicyclic amines) is 1. The van der Waals surface area contributed by atoms with Crippen molar-refractivity contribution in [2.45, 2.75) is 51.7 Å². The largest absolute Gasteiger partial charge is 0.318 e. The topological polar surface area (TPSA) is 84.4 Å². The van der Waals surface area contributed by atoms with Crippen LogP contribution in [0.3, 0.4) is 0 Å². The third-order valence-electron chi connectivity index (χ3n) is 4.16. The summed E-state index contributed by atoms with van der Waals surface area (Å²) in [5.74, 6) is 5.30. The molecule has 0 unspecified atom stereocenters. The number of nitro benzene ring substituents is 1. The molecule has 2 rings (SSSR count). The number of nitrogens with two attached hydrogens (primary N) is 1. The first kappa shape index (κ1) is 14.7. The number of nitro groups is 1. The maximum absolute atomic E-state index is 11.1. The van der Waals surface area contributed by atoms with Crippen molar-refractivity contribution in [3.8, 4) is 0 Å². The first-order valence-electron chi connectivity index (χ1n) is 7.02. The van der Waals surface area contributed by atoms with Gasteiger partial charge in [0.05, 0.1) is 4.92 Å². The molecule has 20 heavy (non-hydrogen) atoms. The molecule has 0 aromatic heterocycles. The van der Waals surface area contributed by atoms with Crippen LogP contribution >= 0.6 is 0 Å². The smallest absolute Gasteiger partial charge is 0.293 e. The molecule has 1 saturated heterocycles. The van der Waals surface area contributed by atoms with Gasteiger partial charge < -0.3 is 5.43 Å². The lowest BCUT2D eigenvalue weighted by molar-refractivity contribution is -0.384. The molecule has 6 heteroatoms. The van der Waals surface area contributed by atoms with Gasteiger partial charge in [-0.1, -0.05) is 12.5 Å². The number of nitrogens with one attached hydrogen (secondary N) is 1. The molecule has 0 radical (unpaired) electrons. The molecule has 1 aromatic carbocycles. The van der Waals surface area contributed by atoms with E-state index in [1.807, 2.05) is 6.07 Å². The van der Waals surface area contributed by atoms with E-state index in [-0.39, 0.29) is 5.69 Å². The van der Waals surface area contributed by atoms with E-state index in [2.05, 4.69) is 24.2 Å². The predicted octanol–water partition coefficient (Wildman–Crippen LogP) is 2.64. The Labute approximate surface area is 119 Å². The predicted molar refractivity (Wildman–Crippen MR) is 79.2 cm³/mol. The molecular weight excluding hydrogens is 256 g/mol. The van der Waals surface area contributed by atoms with Crippen LogP contribution in [0, 0.1) is 10.1 Å². The number of hydrogen-bond donors (Lipinski definition) is 2. The zero-order valence-corrected chi connectivity index (χ0v) is 12.0. The SMILES string of the molecule is C[C@@H]1CCC[C@H](C)N1Cc1ccc(NN)c([N+](=O)[O-])c1. The maximum Gasteiger partial charge on any atom is 0.293 e. The summed E-state index contributed by atoms with van der Waals surface area (Å²) in [6.45, 7) is 5.19. The van der Waals surface area contributed by atoms with Crippen LogP contribution in [0.2, 0.25) is 0 Å². The summed E-state index contributed by atoms with van der Waals surface area (Å²) in [6, 6.07) is 6.22. The zero-order valence-electron chi connectivity index (χ0n) is 12.0. The first-order valence-corrected chi connectivity index (χ1v) is 7.02. The number of hydrogen-bond acceptors (Lipinski definition) is 5. The summed E-state index contributed by atoms with van der Waals surface area (Å²) < 4.78 is 0. The van der Waals surface area contributed by atoms with E-state index in [4.69, 9.17) is 5.84 Å². The highest BCUT2D eigenvalue weighted by molar-refractivity contribution is 5.61. The van der Waals surface area contributed by atoms with Crippen LogP contribution in [-0.2, 0) is 6.54 Å². The number of hydrazine groups is 1. The lowest BCUT2D eigenvalue weighted by Gasteiger charge is -2.39. The number of benzene rings is 1. The minimum absolute atomic E-state index is 0.0299. The van der Waals surface area contributed by atoms with Crippen LogP contribution in [0.15, 0.2) is 18.2 Å². The Kier molecular flexibility index (Phi) is 4.57. The molecular formula is C14H22N4O2. The van der Waals surface area contributed by atoms with Gasteiger partial charge in [0.15, 0.2) is 0 Å². The lowest BCUT2D eigenvalue weighted by atomic mass is 9.96. The average molecular weight is 278 g/mol. The second-order valence-corrected chi connectivity index (χ2v) is 5.55. The maximum atomic E-state index is 11.1. The Morgan fingerprint density at radius 3 is 2.60 bits per heavy atom. The Bertz CT molecular complexity index is 482. The Balaban J connectivity index is 2.20. The highest BCUT2D eigenvalue weighted by Gasteiger charge is 2.25. The van der Waals surface area contributed by atoms with Gasteiger partial charge in [-0.15, -0.1) is 0 Å². The van der Waals surface area contributed by atoms with Crippen LogP contribution in [0.25, 0.3) is 0 Å². The van der Waals surface area contributed by atoms with E-state index in [1.165, 1.54) is 19.3 Å². The normalized spacial score (nSPS) is 23.6. The molecule has 2 atom stereocenters. The van der Waals surface area contributed by atoms with Crippen LogP contribution in [0.1, 0.15) is 38.7 Å². The summed E-state index contributed by atoms with van der Waals surface area (Å²) >= 11 is 0. The van der Waals surface area contributed by atoms with E-state index in [0.717, 1.165) is 12.1 Å². The second kappa shape index (κ2) is 6.19. The second-order valence-electron chi connectivity index (χ2n) is 5.55. The van der Waals surface area contributed by atoms with Crippen LogP contribution < -0.4 is 11.3 Å². The van der Waals surface area contributed by atoms with Gasteiger partial charge in [-0.25, -0.2) is 0 Å². The van der Waals surface area contributed by atoms with Crippen LogP contribution in [0.5, 0.6) is 0 Å². The van der Waals surface area contributed by atoms with Crippen molar-refractivity contribution < 1.29 is 4.92 Å². The minimum atomic E-state index is -0.401. The number of nitrogen functional groups attached to an aromatic ring is 1. The van der Waals surface area contributed by atoms with Crippen molar-refractivity contribution in [3.63, 3.8) is 0 Å². The van der Waals surface area contributed by atoms with Crippen molar-refractivity contribution in [3.05, 3.63) is 33.9 Å². The van der Waals surface area contributed by atoms with E-state index >= 15 is 0 Å². The molecule has 1 aliphatic rings. The summed E-state index contributed by atoms with van der Waals surface area (Å²) in [5.41, 5.74) is 3.70. The highest BCUT2D eigenvalue weighted by Crippen LogP contribution is 2.28. The van der Waals surface area contributed by atoms with Gasteiger partial charge in [-0.3, -0.25) is 20.9 Å². The third kappa shape index (κ3) is 3.08. The molecule has 0 saturated carbocycles. The van der Waals surface area contributed by atoms with Crippen molar-refractivity contribution in [1.82, 2.24) is 4.90 Å². The monoisotopic (exact) mass is 278 g/mol. The van der Waals surface area contributed by atoms with Crippen molar-refractivity contribution >= 4 is 11.4 Å². The fourth-order valence-corrected chi connectivity index (χ4v) is 2.95. The van der Waals surface area contributed by atoms with E-state index in [1.54, 1.807) is 12.1 Å². The zero-order chi connectivity index (χ0) is 14.7. The Morgan fingerprint density at radius 2 is 2.05 bits per heavy atom. The van der Waals surface area contributed by atoms with Gasteiger partial charge in [0, 0.05) is 24.7 Å². The summed E-state index contributed by atoms with van der Waals surface area (Å²) in [6.07, 6.45) is 3.64. The summed E-state index contributed by atoms with van der Waals surface area (Å²) in [5, 5.41) is 11.1. The lowest BCUT2D eigenvalue weighted by Crippen LogP contribution is -2.42. The molecule has 1 heterocycles. The summed E-state index contributed by atoms with van der Waals surface area (Å²) in [4.78, 5) is 13.1. The fraction of sp³-hybridized carbons (Fsp3) is 0.571. The highest BCUT2D eigenvalue weighted by atomic mass is 16.6. The number of anilines is 1. The van der Waals surface area contributed by atoms with E-state index in [9.17, 15) is 10.1 Å². The Morgan fingerprint density at radius 1 is 1.40 bits per heavy atom. The van der Waals surface area contributed by atoms with Gasteiger partial charge in [-0.05, 0) is 38.3 Å². The molecule has 6 nitrogen and oxygen atoms in total. The van der Waals surface area contributed by atoms with Crippen molar-refractivity contribution in [2.75, 3.05) is 5.43 Å². The van der Waals surface area contributed by atoms with Crippen molar-refractivity contribution in [2.24, 2.45) is 5.84 Å². The molecule has 3 N–H and O–H groups in total. The molecule has 110 valence electrons. The summed E-state index contributed by atoms with van der Waals surface area (Å²) in [7, 11) is 0. The van der Waals surface area contributed by atoms with Crippen molar-refractivity contribution in [1.29, 1.82) is 0 Å². The molecule has 0 aliphatic carbocycles. The number of nitrogens with zero attached hydrogens (tertiary/aromatic N) is 2. The van der Waals surface area contributed by atoms with E-state index < -0.39 is 4.92 Å². The standard InChI is InChI=1S/C14H22N4O2/c1-10-4-3-5-11(2)17(10)9-12-6-7-13(16-15)14(8-12)18(19)20/h6-8,10-11,16H,3-5,9,15H2,1-2H3/t10-,11+. The fourth-order valence-electron chi connectivity index (χ4n) is 2.95. The first-order chi connectivity index (χ1) is 9.52. The molecule has 0 amide bonds. The molecule has 0 spiro atoms. The van der Waals surface area contributed by atoms with E-state index in [0.29, 0.717) is 17.8 Å². The Hall–Kier alpha value is -1.66. The molecule has 1 aliphatic heterocycles. The minimum Gasteiger partial charge on any atom is -0.318 e. The van der Waals surface area contributed by atoms with Crippen LogP contribution in [0.4, 0.5) is 11.4 Å². The molecule has 1 aromatic rings. The van der Waals surface area contributed by atoms with Gasteiger partial charge in [-0.2, -0.15) is 0 Å².